The lowest BCUT2D eigenvalue weighted by molar-refractivity contribution is -0.112. The molecule has 2 aromatic carbocycles. The Morgan fingerprint density at radius 1 is 1.11 bits per heavy atom. The second-order valence-corrected chi connectivity index (χ2v) is 7.75. The molecule has 1 aliphatic rings. The number of likely N-dealkylation sites (N-methyl/N-ethyl adjacent to an activating group) is 1. The fraction of sp³-hybridized carbons (Fsp3) is 0.435. The number of ether oxygens (including phenoxy) is 1. The SMILES string of the molecule is COc1ccc(CN(C)CC2(NC=O)CCC(c3ccccc3)CC2)cc1. The highest BCUT2D eigenvalue weighted by molar-refractivity contribution is 5.48. The third-order valence-corrected chi connectivity index (χ3v) is 5.76. The Balaban J connectivity index is 1.60. The highest BCUT2D eigenvalue weighted by Gasteiger charge is 2.36. The summed E-state index contributed by atoms with van der Waals surface area (Å²) in [6, 6.07) is 18.9. The zero-order chi connectivity index (χ0) is 19.1. The van der Waals surface area contributed by atoms with Gasteiger partial charge < -0.3 is 10.1 Å². The van der Waals surface area contributed by atoms with E-state index in [1.165, 1.54) is 11.1 Å². The molecular formula is C23H30N2O2. The Labute approximate surface area is 162 Å². The van der Waals surface area contributed by atoms with Crippen LogP contribution in [0.2, 0.25) is 0 Å². The van der Waals surface area contributed by atoms with Crippen LogP contribution in [0.15, 0.2) is 54.6 Å². The van der Waals surface area contributed by atoms with Crippen LogP contribution in [0.25, 0.3) is 0 Å². The van der Waals surface area contributed by atoms with E-state index in [2.05, 4.69) is 59.7 Å². The van der Waals surface area contributed by atoms with Gasteiger partial charge in [-0.1, -0.05) is 42.5 Å². The molecule has 1 amide bonds. The van der Waals surface area contributed by atoms with Gasteiger partial charge in [0.05, 0.1) is 12.6 Å². The van der Waals surface area contributed by atoms with Gasteiger partial charge in [0.15, 0.2) is 0 Å². The Morgan fingerprint density at radius 3 is 2.37 bits per heavy atom. The summed E-state index contributed by atoms with van der Waals surface area (Å²) in [4.78, 5) is 13.6. The second kappa shape index (κ2) is 9.05. The van der Waals surface area contributed by atoms with E-state index < -0.39 is 0 Å². The predicted octanol–water partition coefficient (Wildman–Crippen LogP) is 3.97. The summed E-state index contributed by atoms with van der Waals surface area (Å²) in [7, 11) is 3.81. The minimum atomic E-state index is -0.131. The van der Waals surface area contributed by atoms with Crippen LogP contribution in [0, 0.1) is 0 Å². The molecule has 0 radical (unpaired) electrons. The number of hydrogen-bond acceptors (Lipinski definition) is 3. The zero-order valence-corrected chi connectivity index (χ0v) is 16.4. The fourth-order valence-corrected chi connectivity index (χ4v) is 4.32. The number of benzene rings is 2. The van der Waals surface area contributed by atoms with Crippen molar-refractivity contribution in [3.63, 3.8) is 0 Å². The zero-order valence-electron chi connectivity index (χ0n) is 16.4. The van der Waals surface area contributed by atoms with Gasteiger partial charge in [-0.15, -0.1) is 0 Å². The van der Waals surface area contributed by atoms with E-state index in [0.717, 1.165) is 50.9 Å². The minimum Gasteiger partial charge on any atom is -0.497 e. The van der Waals surface area contributed by atoms with Crippen molar-refractivity contribution in [2.24, 2.45) is 0 Å². The summed E-state index contributed by atoms with van der Waals surface area (Å²) in [5, 5.41) is 3.16. The lowest BCUT2D eigenvalue weighted by Gasteiger charge is -2.42. The summed E-state index contributed by atoms with van der Waals surface area (Å²) < 4.78 is 5.23. The maximum absolute atomic E-state index is 11.3. The molecule has 2 aromatic rings. The second-order valence-electron chi connectivity index (χ2n) is 7.75. The molecule has 4 heteroatoms. The van der Waals surface area contributed by atoms with Gasteiger partial charge in [0, 0.05) is 13.1 Å². The van der Waals surface area contributed by atoms with Crippen LogP contribution in [0.5, 0.6) is 5.75 Å². The van der Waals surface area contributed by atoms with E-state index in [4.69, 9.17) is 4.74 Å². The summed E-state index contributed by atoms with van der Waals surface area (Å²) in [5.74, 6) is 1.47. The Bertz CT molecular complexity index is 707. The van der Waals surface area contributed by atoms with Crippen LogP contribution in [0.3, 0.4) is 0 Å². The smallest absolute Gasteiger partial charge is 0.207 e. The topological polar surface area (TPSA) is 41.6 Å². The maximum Gasteiger partial charge on any atom is 0.207 e. The van der Waals surface area contributed by atoms with Gasteiger partial charge in [0.2, 0.25) is 6.41 Å². The molecule has 0 heterocycles. The molecular weight excluding hydrogens is 336 g/mol. The van der Waals surface area contributed by atoms with E-state index >= 15 is 0 Å². The van der Waals surface area contributed by atoms with Crippen molar-refractivity contribution in [2.75, 3.05) is 20.7 Å². The predicted molar refractivity (Wildman–Crippen MR) is 109 cm³/mol. The molecule has 0 aliphatic heterocycles. The van der Waals surface area contributed by atoms with Crippen molar-refractivity contribution in [3.05, 3.63) is 65.7 Å². The highest BCUT2D eigenvalue weighted by atomic mass is 16.5. The first kappa shape index (κ1) is 19.4. The average molecular weight is 367 g/mol. The summed E-state index contributed by atoms with van der Waals surface area (Å²) in [6.07, 6.45) is 5.13. The summed E-state index contributed by atoms with van der Waals surface area (Å²) in [6.45, 7) is 1.72. The number of hydrogen-bond donors (Lipinski definition) is 1. The molecule has 0 bridgehead atoms. The normalized spacial score (nSPS) is 22.4. The van der Waals surface area contributed by atoms with Gasteiger partial charge in [0.1, 0.15) is 5.75 Å². The molecule has 4 nitrogen and oxygen atoms in total. The minimum absolute atomic E-state index is 0.131. The number of carbonyl (C=O) groups excluding carboxylic acids is 1. The number of methoxy groups -OCH3 is 1. The molecule has 0 saturated heterocycles. The van der Waals surface area contributed by atoms with Gasteiger partial charge in [-0.2, -0.15) is 0 Å². The quantitative estimate of drug-likeness (QED) is 0.719. The number of amides is 1. The molecule has 1 saturated carbocycles. The number of nitrogens with one attached hydrogen (secondary N) is 1. The third-order valence-electron chi connectivity index (χ3n) is 5.76. The van der Waals surface area contributed by atoms with Crippen molar-refractivity contribution in [1.82, 2.24) is 10.2 Å². The van der Waals surface area contributed by atoms with E-state index in [0.29, 0.717) is 5.92 Å². The van der Waals surface area contributed by atoms with Gasteiger partial charge in [-0.3, -0.25) is 9.69 Å². The van der Waals surface area contributed by atoms with Crippen LogP contribution < -0.4 is 10.1 Å². The van der Waals surface area contributed by atoms with Crippen molar-refractivity contribution in [2.45, 2.75) is 43.7 Å². The lowest BCUT2D eigenvalue weighted by atomic mass is 9.74. The largest absolute Gasteiger partial charge is 0.497 e. The van der Waals surface area contributed by atoms with E-state index in [9.17, 15) is 4.79 Å². The Kier molecular flexibility index (Phi) is 6.51. The summed E-state index contributed by atoms with van der Waals surface area (Å²) in [5.41, 5.74) is 2.54. The first-order chi connectivity index (χ1) is 13.1. The molecule has 0 spiro atoms. The molecule has 1 fully saturated rings. The first-order valence-corrected chi connectivity index (χ1v) is 9.72. The van der Waals surface area contributed by atoms with E-state index in [-0.39, 0.29) is 5.54 Å². The monoisotopic (exact) mass is 366 g/mol. The van der Waals surface area contributed by atoms with Crippen LogP contribution in [-0.4, -0.2) is 37.6 Å². The Hall–Kier alpha value is -2.33. The van der Waals surface area contributed by atoms with Crippen LogP contribution >= 0.6 is 0 Å². The molecule has 27 heavy (non-hydrogen) atoms. The van der Waals surface area contributed by atoms with Crippen LogP contribution in [0.4, 0.5) is 0 Å². The Morgan fingerprint density at radius 2 is 1.78 bits per heavy atom. The molecule has 1 N–H and O–H groups in total. The number of rotatable bonds is 8. The van der Waals surface area contributed by atoms with Crippen LogP contribution in [0.1, 0.15) is 42.7 Å². The van der Waals surface area contributed by atoms with E-state index in [1.807, 2.05) is 12.1 Å². The van der Waals surface area contributed by atoms with Crippen LogP contribution in [-0.2, 0) is 11.3 Å². The molecule has 3 rings (SSSR count). The standard InChI is InChI=1S/C23H30N2O2/c1-25(16-19-8-10-22(27-2)11-9-19)17-23(24-18-26)14-12-21(13-15-23)20-6-4-3-5-7-20/h3-11,18,21H,12-17H2,1-2H3,(H,24,26). The van der Waals surface area contributed by atoms with Gasteiger partial charge >= 0.3 is 0 Å². The van der Waals surface area contributed by atoms with Gasteiger partial charge in [0.25, 0.3) is 0 Å². The van der Waals surface area contributed by atoms with Crippen molar-refractivity contribution < 1.29 is 9.53 Å². The molecule has 0 atom stereocenters. The fourth-order valence-electron chi connectivity index (χ4n) is 4.32. The van der Waals surface area contributed by atoms with Gasteiger partial charge in [-0.25, -0.2) is 0 Å². The maximum atomic E-state index is 11.3. The average Bonchev–Trinajstić information content (AvgIpc) is 2.70. The van der Waals surface area contributed by atoms with E-state index in [1.54, 1.807) is 7.11 Å². The van der Waals surface area contributed by atoms with Gasteiger partial charge in [-0.05, 0) is 61.9 Å². The van der Waals surface area contributed by atoms with Crippen molar-refractivity contribution >= 4 is 6.41 Å². The molecule has 144 valence electrons. The van der Waals surface area contributed by atoms with Crippen molar-refractivity contribution in [3.8, 4) is 5.75 Å². The highest BCUT2D eigenvalue weighted by Crippen LogP contribution is 2.38. The lowest BCUT2D eigenvalue weighted by Crippen LogP contribution is -2.54. The van der Waals surface area contributed by atoms with Crippen molar-refractivity contribution in [1.29, 1.82) is 0 Å². The third kappa shape index (κ3) is 5.10. The molecule has 0 unspecified atom stereocenters. The molecule has 0 aromatic heterocycles. The first-order valence-electron chi connectivity index (χ1n) is 9.72. The summed E-state index contributed by atoms with van der Waals surface area (Å²) >= 11 is 0. The molecule has 1 aliphatic carbocycles. The number of nitrogens with zero attached hydrogens (tertiary/aromatic N) is 1. The number of carbonyl (C=O) groups is 1.